The van der Waals surface area contributed by atoms with Crippen molar-refractivity contribution in [1.29, 1.82) is 0 Å². The minimum atomic E-state index is -3.71. The first-order valence-corrected chi connectivity index (χ1v) is 40.1. The van der Waals surface area contributed by atoms with E-state index in [4.69, 9.17) is 84.5 Å². The second-order valence-electron chi connectivity index (χ2n) is 27.3. The summed E-state index contributed by atoms with van der Waals surface area (Å²) in [6, 6.07) is 0.205. The first-order valence-electron chi connectivity index (χ1n) is 34.0. The van der Waals surface area contributed by atoms with Gasteiger partial charge < -0.3 is 63.1 Å². The van der Waals surface area contributed by atoms with Gasteiger partial charge in [-0.1, -0.05) is 21.6 Å². The molecule has 4 aliphatic carbocycles. The Hall–Kier alpha value is -1.23. The topological polar surface area (TPSA) is 392 Å². The Bertz CT molecular complexity index is 2510. The van der Waals surface area contributed by atoms with E-state index in [1.807, 2.05) is 6.21 Å². The number of nitrogens with one attached hydrogen (secondary N) is 6. The number of epoxide rings is 2. The highest BCUT2D eigenvalue weighted by Gasteiger charge is 2.54. The summed E-state index contributed by atoms with van der Waals surface area (Å²) in [5, 5.41) is 28.3. The molecule has 34 heteroatoms. The molecule has 0 aromatic heterocycles. The average molecular weight is 1360 g/mol. The van der Waals surface area contributed by atoms with Gasteiger partial charge in [0.05, 0.1) is 126 Å². The zero-order chi connectivity index (χ0) is 62.3. The Morgan fingerprint density at radius 1 is 0.659 bits per heavy atom. The molecule has 13 rings (SSSR count). The van der Waals surface area contributed by atoms with Crippen molar-refractivity contribution in [3.8, 4) is 0 Å². The molecule has 91 heavy (non-hydrogen) atoms. The molecule has 13 fully saturated rings. The molecular formula is C57H100N18O12P2S2. The summed E-state index contributed by atoms with van der Waals surface area (Å²) in [4.78, 5) is 10.2. The molecule has 9 saturated heterocycles. The molecule has 9 heterocycles. The van der Waals surface area contributed by atoms with Crippen LogP contribution in [0.15, 0.2) is 15.0 Å². The average Bonchev–Trinajstić information content (AvgIpc) is 1.66. The highest BCUT2D eigenvalue weighted by Crippen LogP contribution is 2.62. The van der Waals surface area contributed by atoms with Crippen molar-refractivity contribution in [1.82, 2.24) is 41.7 Å². The highest BCUT2D eigenvalue weighted by molar-refractivity contribution is 8.56. The van der Waals surface area contributed by atoms with Gasteiger partial charge in [-0.25, -0.2) is 14.6 Å². The van der Waals surface area contributed by atoms with E-state index in [-0.39, 0.29) is 130 Å². The van der Waals surface area contributed by atoms with Crippen molar-refractivity contribution in [2.24, 2.45) is 61.6 Å². The predicted octanol–water partition coefficient (Wildman–Crippen LogP) is 5.21. The van der Waals surface area contributed by atoms with Crippen LogP contribution in [0.2, 0.25) is 0 Å². The van der Waals surface area contributed by atoms with Gasteiger partial charge in [0.25, 0.3) is 0 Å². The molecule has 9 aliphatic heterocycles. The molecule has 13 aliphatic rings. The number of rotatable bonds is 30. The molecule has 0 aromatic carbocycles. The van der Waals surface area contributed by atoms with Crippen LogP contribution in [0.5, 0.6) is 0 Å². The fourth-order valence-corrected chi connectivity index (χ4v) is 22.2. The van der Waals surface area contributed by atoms with Gasteiger partial charge >= 0.3 is 6.72 Å². The Morgan fingerprint density at radius 3 is 1.90 bits per heavy atom. The van der Waals surface area contributed by atoms with E-state index < -0.39 is 26.6 Å². The third-order valence-electron chi connectivity index (χ3n) is 21.4. The molecule has 0 aromatic rings. The number of azide groups is 2. The van der Waals surface area contributed by atoms with Gasteiger partial charge in [-0.2, -0.15) is 0 Å². The summed E-state index contributed by atoms with van der Waals surface area (Å²) < 4.78 is 90.6. The zero-order valence-corrected chi connectivity index (χ0v) is 55.7. The lowest BCUT2D eigenvalue weighted by Gasteiger charge is -2.40. The number of hydrogen-bond donors (Lipinski definition) is 9. The van der Waals surface area contributed by atoms with E-state index in [1.54, 1.807) is 11.4 Å². The van der Waals surface area contributed by atoms with E-state index in [9.17, 15) is 0 Å². The monoisotopic (exact) mass is 1350 g/mol. The lowest BCUT2D eigenvalue weighted by Crippen LogP contribution is -2.68. The number of fused-ring (bicyclic) bond motifs is 4. The fraction of sp³-hybridized carbons (Fsp3) is 0.982. The molecule has 14 unspecified atom stereocenters. The van der Waals surface area contributed by atoms with E-state index in [0.717, 1.165) is 121 Å². The second kappa shape index (κ2) is 32.6. The minimum absolute atomic E-state index is 0.0000362. The van der Waals surface area contributed by atoms with E-state index >= 15 is 4.57 Å². The van der Waals surface area contributed by atoms with Gasteiger partial charge in [0.15, 0.2) is 20.1 Å². The highest BCUT2D eigenvalue weighted by atomic mass is 32.7. The molecule has 0 spiro atoms. The summed E-state index contributed by atoms with van der Waals surface area (Å²) in [6.07, 6.45) is 18.9. The molecule has 12 N–H and O–H groups in total. The Morgan fingerprint density at radius 2 is 1.27 bits per heavy atom. The van der Waals surface area contributed by atoms with Crippen molar-refractivity contribution in [3.05, 3.63) is 20.9 Å². The maximum Gasteiger partial charge on any atom is 0.371 e. The summed E-state index contributed by atoms with van der Waals surface area (Å²) in [6.45, 7) is 0.816. The number of nitrogens with two attached hydrogens (primary N) is 3. The smallest absolute Gasteiger partial charge is 0.371 e. The van der Waals surface area contributed by atoms with Crippen molar-refractivity contribution in [3.63, 3.8) is 0 Å². The van der Waals surface area contributed by atoms with Gasteiger partial charge in [0, 0.05) is 53.2 Å². The molecule has 0 radical (unpaired) electrons. The SMILES string of the molecule is [N-]=[N+]=NCCOC1CCC(C2OC2OC2CCC(CS[P@@](N)OC[C@H]3O[C@@H](N4CNC5C6OCC6NC(N)NC54)CC3/C=N/P(=O)(OC[C@@H]3CC[C@H](N4CNC5C(N)NCNC54)O3)SCC3CCC(OC4OC4C4CCC(OCCN=[N+]=[N-])CC4)CC3)CC2)CC1. The van der Waals surface area contributed by atoms with E-state index in [1.165, 1.54) is 11.4 Å². The van der Waals surface area contributed by atoms with Crippen molar-refractivity contribution in [2.45, 2.75) is 245 Å². The van der Waals surface area contributed by atoms with Gasteiger partial charge in [0.2, 0.25) is 0 Å². The standard InChI is InChI=1S/C57H100N18O12P2S2/c58-52-48-53(64-30-63-52)74(32-66-48)45-18-17-42(82-45)25-81-89(76,91-29-34-3-11-41(12-4-34)84-56-50(87-56)36-7-15-39(16-8-36)78-22-20-68-73-61)69-24-37-23-46(75-31-65-47-51-43(26-79-51)70-57(59)71-54(47)75)85-44(37)27-80-88(62)90-28-33-1-9-40(10-2-33)83-55-49(86-55)35-5-13-38(14-6-35)77-21-19-67-72-60/h24,33-57,63-66,70-71H,1-23,25-32,58-59,62H2/b69-24+/t33?,34?,35?,36?,37?,38?,39?,40?,41?,42-,43?,44+,45+,46+,47?,48?,49?,50?,51?,52?,53?,54?,55?,56?,57?,88-,89?/m0/s1. The lowest BCUT2D eigenvalue weighted by molar-refractivity contribution is -0.108. The molecule has 512 valence electrons. The van der Waals surface area contributed by atoms with Crippen LogP contribution in [0.1, 0.15) is 122 Å². The van der Waals surface area contributed by atoms with Crippen molar-refractivity contribution < 1.29 is 56.2 Å². The van der Waals surface area contributed by atoms with E-state index in [2.05, 4.69) is 61.8 Å². The zero-order valence-electron chi connectivity index (χ0n) is 52.3. The third kappa shape index (κ3) is 18.0. The summed E-state index contributed by atoms with van der Waals surface area (Å²) >= 11 is 3.04. The molecule has 19 atom stereocenters. The lowest BCUT2D eigenvalue weighted by atomic mass is 9.85. The molecule has 0 amide bonds. The van der Waals surface area contributed by atoms with Gasteiger partial charge in [-0.05, 0) is 168 Å². The van der Waals surface area contributed by atoms with Crippen LogP contribution >= 0.6 is 37.0 Å². The maximum atomic E-state index is 15.5. The Kier molecular flexibility index (Phi) is 24.5. The minimum Gasteiger partial charge on any atom is -0.378 e. The molecule has 4 saturated carbocycles. The summed E-state index contributed by atoms with van der Waals surface area (Å²) in [5.74, 6) is 3.08. The summed E-state index contributed by atoms with van der Waals surface area (Å²) in [7, 11) is -1.33. The Labute approximate surface area is 543 Å². The first kappa shape index (κ1) is 68.3. The van der Waals surface area contributed by atoms with Crippen LogP contribution in [0.4, 0.5) is 0 Å². The van der Waals surface area contributed by atoms with Crippen LogP contribution in [-0.2, 0) is 56.2 Å². The molecular weight excluding hydrogens is 1250 g/mol. The van der Waals surface area contributed by atoms with Gasteiger partial charge in [-0.15, -0.1) is 0 Å². The largest absolute Gasteiger partial charge is 0.378 e. The van der Waals surface area contributed by atoms with Gasteiger partial charge in [-0.3, -0.25) is 42.0 Å². The fourth-order valence-electron chi connectivity index (χ4n) is 16.0. The van der Waals surface area contributed by atoms with Crippen LogP contribution in [-0.4, -0.2) is 217 Å². The third-order valence-corrected chi connectivity index (χ3v) is 28.1. The van der Waals surface area contributed by atoms with Crippen molar-refractivity contribution in [2.75, 3.05) is 77.6 Å². The molecule has 0 bridgehead atoms. The normalized spacial score (nSPS) is 44.4. The Balaban J connectivity index is 0.610. The van der Waals surface area contributed by atoms with E-state index in [0.29, 0.717) is 88.8 Å². The maximum absolute atomic E-state index is 15.5. The molecule has 30 nitrogen and oxygen atoms in total. The van der Waals surface area contributed by atoms with Crippen LogP contribution in [0.25, 0.3) is 20.9 Å². The quantitative estimate of drug-likeness (QED) is 0.00847. The summed E-state index contributed by atoms with van der Waals surface area (Å²) in [5.41, 5.74) is 37.0. The van der Waals surface area contributed by atoms with Crippen molar-refractivity contribution >= 4 is 43.2 Å². The van der Waals surface area contributed by atoms with Crippen LogP contribution in [0.3, 0.4) is 0 Å². The number of hydrogen-bond acceptors (Lipinski definition) is 27. The van der Waals surface area contributed by atoms with Crippen LogP contribution in [0, 0.1) is 29.6 Å². The number of nitrogens with zero attached hydrogens (tertiary/aromatic N) is 9. The van der Waals surface area contributed by atoms with Gasteiger partial charge in [0.1, 0.15) is 31.0 Å². The number of ether oxygens (including phenoxy) is 9. The first-order chi connectivity index (χ1) is 44.5. The predicted molar refractivity (Wildman–Crippen MR) is 343 cm³/mol. The van der Waals surface area contributed by atoms with Crippen LogP contribution < -0.4 is 48.9 Å². The second-order valence-corrected chi connectivity index (χ2v) is 34.7.